The third-order valence-corrected chi connectivity index (χ3v) is 4.50. The number of likely N-dealkylation sites (tertiary alicyclic amines) is 1. The minimum atomic E-state index is -0.178. The highest BCUT2D eigenvalue weighted by Gasteiger charge is 2.37. The maximum Gasteiger partial charge on any atom is 0.255 e. The molecule has 0 spiro atoms. The molecule has 3 rings (SSSR count). The lowest BCUT2D eigenvalue weighted by Crippen LogP contribution is -2.59. The van der Waals surface area contributed by atoms with Gasteiger partial charge in [0, 0.05) is 31.4 Å². The van der Waals surface area contributed by atoms with Crippen molar-refractivity contribution in [3.63, 3.8) is 0 Å². The number of carbonyl (C=O) groups is 1. The smallest absolute Gasteiger partial charge is 0.255 e. The fourth-order valence-corrected chi connectivity index (χ4v) is 3.21. The Labute approximate surface area is 123 Å². The SMILES string of the molecule is Cc1[nH]c(=O)ccc1C(=O)N1CC[C@@H]2OCCN(C)[C@@H]2C1. The Hall–Kier alpha value is -1.66. The number of likely N-dealkylation sites (N-methyl/N-ethyl adjacent to an activating group) is 1. The molecule has 3 heterocycles. The van der Waals surface area contributed by atoms with E-state index in [9.17, 15) is 9.59 Å². The Morgan fingerprint density at radius 3 is 2.95 bits per heavy atom. The number of nitrogens with one attached hydrogen (secondary N) is 1. The number of morpholine rings is 1. The van der Waals surface area contributed by atoms with Crippen LogP contribution in [0.5, 0.6) is 0 Å². The van der Waals surface area contributed by atoms with Crippen LogP contribution in [0, 0.1) is 6.92 Å². The van der Waals surface area contributed by atoms with Crippen molar-refractivity contribution in [2.45, 2.75) is 25.5 Å². The highest BCUT2D eigenvalue weighted by molar-refractivity contribution is 5.95. The van der Waals surface area contributed by atoms with Crippen LogP contribution in [0.3, 0.4) is 0 Å². The molecule has 2 aliphatic rings. The first-order valence-electron chi connectivity index (χ1n) is 7.37. The molecule has 1 aromatic heterocycles. The van der Waals surface area contributed by atoms with Crippen LogP contribution in [-0.2, 0) is 4.74 Å². The molecule has 114 valence electrons. The summed E-state index contributed by atoms with van der Waals surface area (Å²) in [7, 11) is 2.08. The van der Waals surface area contributed by atoms with Gasteiger partial charge in [0.25, 0.3) is 5.91 Å². The summed E-state index contributed by atoms with van der Waals surface area (Å²) >= 11 is 0. The van der Waals surface area contributed by atoms with Gasteiger partial charge in [-0.3, -0.25) is 14.5 Å². The van der Waals surface area contributed by atoms with Gasteiger partial charge >= 0.3 is 0 Å². The average Bonchev–Trinajstić information content (AvgIpc) is 2.47. The second-order valence-corrected chi connectivity index (χ2v) is 5.86. The molecule has 21 heavy (non-hydrogen) atoms. The van der Waals surface area contributed by atoms with Crippen LogP contribution in [0.15, 0.2) is 16.9 Å². The topological polar surface area (TPSA) is 65.6 Å². The van der Waals surface area contributed by atoms with Crippen molar-refractivity contribution >= 4 is 5.91 Å². The maximum atomic E-state index is 12.7. The number of rotatable bonds is 1. The molecule has 0 radical (unpaired) electrons. The lowest BCUT2D eigenvalue weighted by atomic mass is 9.98. The lowest BCUT2D eigenvalue weighted by molar-refractivity contribution is -0.0893. The zero-order valence-corrected chi connectivity index (χ0v) is 12.5. The fourth-order valence-electron chi connectivity index (χ4n) is 3.21. The Morgan fingerprint density at radius 1 is 1.38 bits per heavy atom. The van der Waals surface area contributed by atoms with Crippen molar-refractivity contribution in [3.05, 3.63) is 33.7 Å². The van der Waals surface area contributed by atoms with Crippen molar-refractivity contribution < 1.29 is 9.53 Å². The zero-order chi connectivity index (χ0) is 15.0. The second-order valence-electron chi connectivity index (χ2n) is 5.86. The molecule has 2 saturated heterocycles. The van der Waals surface area contributed by atoms with E-state index in [1.165, 1.54) is 6.07 Å². The minimum absolute atomic E-state index is 0.0128. The molecule has 2 aliphatic heterocycles. The summed E-state index contributed by atoms with van der Waals surface area (Å²) < 4.78 is 5.80. The minimum Gasteiger partial charge on any atom is -0.375 e. The van der Waals surface area contributed by atoms with Gasteiger partial charge in [-0.25, -0.2) is 0 Å². The largest absolute Gasteiger partial charge is 0.375 e. The molecular weight excluding hydrogens is 270 g/mol. The van der Waals surface area contributed by atoms with Gasteiger partial charge in [0.05, 0.1) is 24.3 Å². The number of pyridine rings is 1. The monoisotopic (exact) mass is 291 g/mol. The number of nitrogens with zero attached hydrogens (tertiary/aromatic N) is 2. The first-order valence-corrected chi connectivity index (χ1v) is 7.37. The number of piperidine rings is 1. The Balaban J connectivity index is 1.78. The van der Waals surface area contributed by atoms with Gasteiger partial charge in [-0.05, 0) is 26.5 Å². The molecule has 1 aromatic rings. The van der Waals surface area contributed by atoms with Crippen LogP contribution in [-0.4, -0.2) is 66.1 Å². The molecule has 0 bridgehead atoms. The van der Waals surface area contributed by atoms with Gasteiger partial charge in [-0.15, -0.1) is 0 Å². The summed E-state index contributed by atoms with van der Waals surface area (Å²) in [5.41, 5.74) is 1.03. The van der Waals surface area contributed by atoms with E-state index in [1.54, 1.807) is 13.0 Å². The van der Waals surface area contributed by atoms with Crippen molar-refractivity contribution in [2.24, 2.45) is 0 Å². The van der Waals surface area contributed by atoms with E-state index in [2.05, 4.69) is 16.9 Å². The Bertz CT molecular complexity index is 598. The molecule has 1 amide bonds. The zero-order valence-electron chi connectivity index (χ0n) is 12.5. The van der Waals surface area contributed by atoms with Gasteiger partial charge in [-0.1, -0.05) is 0 Å². The Morgan fingerprint density at radius 2 is 2.19 bits per heavy atom. The third kappa shape index (κ3) is 2.73. The van der Waals surface area contributed by atoms with Crippen LogP contribution in [0.1, 0.15) is 22.5 Å². The Kier molecular flexibility index (Phi) is 3.82. The number of aromatic amines is 1. The van der Waals surface area contributed by atoms with Gasteiger partial charge in [0.1, 0.15) is 0 Å². The number of aromatic nitrogens is 1. The first-order chi connectivity index (χ1) is 10.1. The van der Waals surface area contributed by atoms with Crippen LogP contribution in [0.4, 0.5) is 0 Å². The quantitative estimate of drug-likeness (QED) is 0.804. The molecule has 2 atom stereocenters. The van der Waals surface area contributed by atoms with Crippen LogP contribution < -0.4 is 5.56 Å². The highest BCUT2D eigenvalue weighted by atomic mass is 16.5. The summed E-state index contributed by atoms with van der Waals surface area (Å²) in [6, 6.07) is 3.28. The van der Waals surface area contributed by atoms with E-state index in [-0.39, 0.29) is 23.6 Å². The van der Waals surface area contributed by atoms with Gasteiger partial charge in [0.15, 0.2) is 0 Å². The lowest BCUT2D eigenvalue weighted by Gasteiger charge is -2.45. The first kappa shape index (κ1) is 14.3. The molecule has 0 saturated carbocycles. The standard InChI is InChI=1S/C15H21N3O3/c1-10-11(3-4-14(19)16-10)15(20)18-6-5-13-12(9-18)17(2)7-8-21-13/h3-4,12-13H,5-9H2,1-2H3,(H,16,19)/t12-,13+/m1/s1. The van der Waals surface area contributed by atoms with Gasteiger partial charge < -0.3 is 14.6 Å². The van der Waals surface area contributed by atoms with Crippen LogP contribution in [0.25, 0.3) is 0 Å². The molecule has 0 unspecified atom stereocenters. The van der Waals surface area contributed by atoms with Crippen molar-refractivity contribution in [1.82, 2.24) is 14.8 Å². The highest BCUT2D eigenvalue weighted by Crippen LogP contribution is 2.23. The average molecular weight is 291 g/mol. The molecule has 0 aromatic carbocycles. The van der Waals surface area contributed by atoms with E-state index in [0.717, 1.165) is 19.6 Å². The molecule has 6 heteroatoms. The molecular formula is C15H21N3O3. The number of H-pyrrole nitrogens is 1. The summed E-state index contributed by atoms with van der Waals surface area (Å²) in [6.45, 7) is 4.81. The van der Waals surface area contributed by atoms with Crippen molar-refractivity contribution in [2.75, 3.05) is 33.3 Å². The summed E-state index contributed by atoms with van der Waals surface area (Å²) in [5, 5.41) is 0. The normalized spacial score (nSPS) is 26.5. The van der Waals surface area contributed by atoms with E-state index >= 15 is 0 Å². The molecule has 2 fully saturated rings. The predicted molar refractivity (Wildman–Crippen MR) is 78.5 cm³/mol. The molecule has 0 aliphatic carbocycles. The summed E-state index contributed by atoms with van der Waals surface area (Å²) in [4.78, 5) is 30.8. The number of hydrogen-bond donors (Lipinski definition) is 1. The van der Waals surface area contributed by atoms with Crippen molar-refractivity contribution in [1.29, 1.82) is 0 Å². The van der Waals surface area contributed by atoms with Crippen LogP contribution in [0.2, 0.25) is 0 Å². The van der Waals surface area contributed by atoms with E-state index in [0.29, 0.717) is 24.3 Å². The number of hydrogen-bond acceptors (Lipinski definition) is 4. The van der Waals surface area contributed by atoms with Crippen LogP contribution >= 0.6 is 0 Å². The van der Waals surface area contributed by atoms with E-state index in [1.807, 2.05) is 4.90 Å². The molecule has 6 nitrogen and oxygen atoms in total. The number of ether oxygens (including phenoxy) is 1. The number of fused-ring (bicyclic) bond motifs is 1. The third-order valence-electron chi connectivity index (χ3n) is 4.50. The fraction of sp³-hybridized carbons (Fsp3) is 0.600. The summed E-state index contributed by atoms with van der Waals surface area (Å²) in [6.07, 6.45) is 1.09. The second kappa shape index (κ2) is 5.61. The number of aryl methyl sites for hydroxylation is 1. The van der Waals surface area contributed by atoms with Gasteiger partial charge in [-0.2, -0.15) is 0 Å². The molecule has 1 N–H and O–H groups in total. The van der Waals surface area contributed by atoms with Crippen molar-refractivity contribution in [3.8, 4) is 0 Å². The van der Waals surface area contributed by atoms with E-state index < -0.39 is 0 Å². The number of amides is 1. The maximum absolute atomic E-state index is 12.7. The summed E-state index contributed by atoms with van der Waals surface area (Å²) in [5.74, 6) is -0.0128. The van der Waals surface area contributed by atoms with E-state index in [4.69, 9.17) is 4.74 Å². The van der Waals surface area contributed by atoms with Gasteiger partial charge in [0.2, 0.25) is 5.56 Å². The predicted octanol–water partition coefficient (Wildman–Crippen LogP) is 0.228. The number of carbonyl (C=O) groups excluding carboxylic acids is 1.